The maximum atomic E-state index is 14.0. The lowest BCUT2D eigenvalue weighted by atomic mass is 9.72. The number of carbonyl (C=O) groups excluding carboxylic acids is 1. The largest absolute Gasteiger partial charge is 0.455 e. The van der Waals surface area contributed by atoms with Crippen LogP contribution in [0.15, 0.2) is 89.6 Å². The average molecular weight is 1060 g/mol. The number of sulfonamides is 2. The number of nitro benzene ring substituents is 1. The number of nitro groups is 1. The highest BCUT2D eigenvalue weighted by atomic mass is 35.5. The summed E-state index contributed by atoms with van der Waals surface area (Å²) in [6.07, 6.45) is 3.04. The van der Waals surface area contributed by atoms with Gasteiger partial charge >= 0.3 is 6.18 Å². The standard InChI is InChI=1S/C49H54ClF3N8O9S2/c1-48(2)14-12-33(41(24-48)39-9-6-34(21-42(39)50)49(51,52)53)28-58-16-18-59(19-17-58)35-7-10-40(45(22-35)70-36-20-32-13-15-54-46(32)56-26-36)47(62)57-71(65,66)38-8-11-43(44(23-38)61(63)64)55-25-31-27-60(30-69-29-31)72(67,68)37-4-3-5-37/h6-11,13,15,20-23,26,31,37,55H,3-5,12,14,16-19,24-25,27-30H2,1-2H3,(H,54,56)(H,57,62). The second-order valence-corrected chi connectivity index (χ2v) is 23.9. The smallest absolute Gasteiger partial charge is 0.416 e. The molecule has 1 saturated carbocycles. The topological polar surface area (TPSA) is 209 Å². The summed E-state index contributed by atoms with van der Waals surface area (Å²) in [6, 6.07) is 15.0. The van der Waals surface area contributed by atoms with Crippen molar-refractivity contribution in [3.63, 3.8) is 0 Å². The fourth-order valence-electron chi connectivity index (χ4n) is 9.61. The fourth-order valence-corrected chi connectivity index (χ4v) is 12.9. The van der Waals surface area contributed by atoms with Crippen molar-refractivity contribution in [3.8, 4) is 11.5 Å². The molecule has 2 aromatic heterocycles. The predicted molar refractivity (Wildman–Crippen MR) is 266 cm³/mol. The number of aromatic nitrogens is 2. The van der Waals surface area contributed by atoms with Crippen LogP contribution < -0.4 is 19.7 Å². The van der Waals surface area contributed by atoms with Gasteiger partial charge in [0.15, 0.2) is 0 Å². The van der Waals surface area contributed by atoms with E-state index in [1.54, 1.807) is 30.5 Å². The molecule has 4 aliphatic rings. The molecule has 23 heteroatoms. The molecule has 2 saturated heterocycles. The molecule has 17 nitrogen and oxygen atoms in total. The molecule has 384 valence electrons. The van der Waals surface area contributed by atoms with E-state index in [2.05, 4.69) is 43.7 Å². The van der Waals surface area contributed by atoms with E-state index in [4.69, 9.17) is 21.1 Å². The van der Waals surface area contributed by atoms with E-state index in [-0.39, 0.29) is 65.5 Å². The quantitative estimate of drug-likeness (QED) is 0.0661. The number of anilines is 2. The number of alkyl halides is 3. The molecule has 3 fully saturated rings. The monoisotopic (exact) mass is 1050 g/mol. The summed E-state index contributed by atoms with van der Waals surface area (Å²) < 4.78 is 109. The van der Waals surface area contributed by atoms with Crippen molar-refractivity contribution >= 4 is 71.2 Å². The Morgan fingerprint density at radius 1 is 1.03 bits per heavy atom. The number of halogens is 4. The van der Waals surface area contributed by atoms with E-state index in [0.717, 1.165) is 60.1 Å². The maximum Gasteiger partial charge on any atom is 0.416 e. The van der Waals surface area contributed by atoms with Crippen LogP contribution in [0.5, 0.6) is 11.5 Å². The molecule has 0 radical (unpaired) electrons. The Morgan fingerprint density at radius 2 is 1.81 bits per heavy atom. The second-order valence-electron chi connectivity index (χ2n) is 19.6. The first-order valence-corrected chi connectivity index (χ1v) is 27.0. The molecule has 1 unspecified atom stereocenters. The van der Waals surface area contributed by atoms with E-state index < -0.39 is 58.4 Å². The summed E-state index contributed by atoms with van der Waals surface area (Å²) >= 11 is 6.54. The Kier molecular flexibility index (Phi) is 14.4. The zero-order chi connectivity index (χ0) is 51.2. The Labute approximate surface area is 420 Å². The van der Waals surface area contributed by atoms with Crippen LogP contribution >= 0.6 is 11.6 Å². The Morgan fingerprint density at radius 3 is 2.51 bits per heavy atom. The molecule has 72 heavy (non-hydrogen) atoms. The first-order chi connectivity index (χ1) is 34.1. The molecular weight excluding hydrogens is 1000 g/mol. The van der Waals surface area contributed by atoms with E-state index in [9.17, 15) is 44.9 Å². The van der Waals surface area contributed by atoms with Gasteiger partial charge in [0.05, 0.1) is 39.0 Å². The minimum absolute atomic E-state index is 0.00714. The molecule has 0 bridgehead atoms. The van der Waals surface area contributed by atoms with Gasteiger partial charge in [0, 0.05) is 86.2 Å². The van der Waals surface area contributed by atoms with Crippen molar-refractivity contribution in [2.75, 3.05) is 69.4 Å². The van der Waals surface area contributed by atoms with Gasteiger partial charge in [0.1, 0.15) is 29.6 Å². The number of piperazine rings is 1. The van der Waals surface area contributed by atoms with E-state index in [1.165, 1.54) is 28.7 Å². The highest BCUT2D eigenvalue weighted by Crippen LogP contribution is 2.46. The second kappa shape index (κ2) is 20.3. The number of hydrogen-bond donors (Lipinski definition) is 3. The first-order valence-electron chi connectivity index (χ1n) is 23.6. The van der Waals surface area contributed by atoms with Crippen molar-refractivity contribution in [3.05, 3.63) is 117 Å². The van der Waals surface area contributed by atoms with Gasteiger partial charge in [0.25, 0.3) is 21.6 Å². The van der Waals surface area contributed by atoms with E-state index in [0.29, 0.717) is 68.9 Å². The summed E-state index contributed by atoms with van der Waals surface area (Å²) in [5, 5.41) is 15.6. The number of benzene rings is 3. The van der Waals surface area contributed by atoms with Crippen LogP contribution in [0, 0.1) is 21.4 Å². The Hall–Kier alpha value is -5.78. The van der Waals surface area contributed by atoms with Gasteiger partial charge in [-0.3, -0.25) is 19.8 Å². The summed E-state index contributed by atoms with van der Waals surface area (Å²) in [5.41, 5.74) is 2.41. The lowest BCUT2D eigenvalue weighted by Gasteiger charge is -2.39. The summed E-state index contributed by atoms with van der Waals surface area (Å²) in [4.78, 5) is 36.8. The van der Waals surface area contributed by atoms with Gasteiger partial charge in [0.2, 0.25) is 10.0 Å². The molecule has 3 aromatic carbocycles. The molecular formula is C49H54ClF3N8O9S2. The van der Waals surface area contributed by atoms with Crippen molar-refractivity contribution in [2.45, 2.75) is 68.7 Å². The van der Waals surface area contributed by atoms with Gasteiger partial charge in [-0.25, -0.2) is 26.5 Å². The number of carbonyl (C=O) groups is 1. The molecule has 9 rings (SSSR count). The fraction of sp³-hybridized carbons (Fsp3) is 0.429. The van der Waals surface area contributed by atoms with Gasteiger partial charge in [-0.15, -0.1) is 0 Å². The number of rotatable bonds is 15. The van der Waals surface area contributed by atoms with Gasteiger partial charge in [-0.1, -0.05) is 43.5 Å². The Bertz CT molecular complexity index is 3160. The zero-order valence-electron chi connectivity index (χ0n) is 39.5. The number of nitrogens with one attached hydrogen (secondary N) is 3. The number of H-pyrrole nitrogens is 1. The Balaban J connectivity index is 0.907. The van der Waals surface area contributed by atoms with E-state index >= 15 is 0 Å². The van der Waals surface area contributed by atoms with E-state index in [1.807, 2.05) is 0 Å². The highest BCUT2D eigenvalue weighted by molar-refractivity contribution is 7.90. The molecule has 2 aliphatic heterocycles. The minimum Gasteiger partial charge on any atom is -0.455 e. The third-order valence-electron chi connectivity index (χ3n) is 13.9. The first kappa shape index (κ1) is 51.1. The van der Waals surface area contributed by atoms with Crippen LogP contribution in [0.3, 0.4) is 0 Å². The van der Waals surface area contributed by atoms with Crippen LogP contribution in [0.2, 0.25) is 5.02 Å². The van der Waals surface area contributed by atoms with Crippen LogP contribution in [-0.4, -0.2) is 111 Å². The van der Waals surface area contributed by atoms with Gasteiger partial charge in [-0.2, -0.15) is 17.5 Å². The zero-order valence-corrected chi connectivity index (χ0v) is 41.9. The molecule has 0 spiro atoms. The van der Waals surface area contributed by atoms with Crippen LogP contribution in [0.25, 0.3) is 16.6 Å². The molecule has 3 N–H and O–H groups in total. The lowest BCUT2D eigenvalue weighted by Crippen LogP contribution is -2.49. The summed E-state index contributed by atoms with van der Waals surface area (Å²) in [6.45, 7) is 7.68. The van der Waals surface area contributed by atoms with Crippen molar-refractivity contribution in [1.29, 1.82) is 0 Å². The molecule has 1 atom stereocenters. The molecule has 1 amide bonds. The van der Waals surface area contributed by atoms with Gasteiger partial charge < -0.3 is 24.7 Å². The summed E-state index contributed by atoms with van der Waals surface area (Å²) in [5.74, 6) is -1.13. The number of pyridine rings is 1. The van der Waals surface area contributed by atoms with Gasteiger partial charge in [-0.05, 0) is 97.2 Å². The third kappa shape index (κ3) is 11.2. The number of amides is 1. The summed E-state index contributed by atoms with van der Waals surface area (Å²) in [7, 11) is -8.25. The minimum atomic E-state index is -4.71. The molecule has 4 heterocycles. The van der Waals surface area contributed by atoms with Crippen LogP contribution in [-0.2, 0) is 31.0 Å². The number of fused-ring (bicyclic) bond motifs is 1. The van der Waals surface area contributed by atoms with Crippen LogP contribution in [0.4, 0.5) is 30.2 Å². The highest BCUT2D eigenvalue weighted by Gasteiger charge is 2.39. The lowest BCUT2D eigenvalue weighted by molar-refractivity contribution is -0.384. The number of allylic oxidation sites excluding steroid dienone is 1. The van der Waals surface area contributed by atoms with Crippen molar-refractivity contribution < 1.29 is 49.2 Å². The van der Waals surface area contributed by atoms with Crippen molar-refractivity contribution in [1.82, 2.24) is 23.9 Å². The van der Waals surface area contributed by atoms with Crippen LogP contribution in [0.1, 0.15) is 73.9 Å². The number of ether oxygens (including phenoxy) is 2. The molecule has 2 aliphatic carbocycles. The predicted octanol–water partition coefficient (Wildman–Crippen LogP) is 9.04. The van der Waals surface area contributed by atoms with Crippen molar-refractivity contribution in [2.24, 2.45) is 11.3 Å². The molecule has 5 aromatic rings. The normalized spacial score (nSPS) is 19.5. The number of aromatic amines is 1. The number of nitrogens with zero attached hydrogens (tertiary/aromatic N) is 5. The SMILES string of the molecule is CC1(C)CCC(CN2CCN(c3ccc(C(=O)NS(=O)(=O)c4ccc(NCC5COCN(S(=O)(=O)C6CCC6)C5)c([N+](=O)[O-])c4)c(Oc4cnc5[nH]ccc5c4)c3)CC2)=C(c2ccc(C(F)(F)F)cc2Cl)C1. The maximum absolute atomic E-state index is 14.0. The average Bonchev–Trinajstić information content (AvgIpc) is 3.79. The third-order valence-corrected chi connectivity index (χ3v) is 17.9. The number of hydrogen-bond acceptors (Lipinski definition) is 13.